The van der Waals surface area contributed by atoms with Crippen LogP contribution in [0.3, 0.4) is 0 Å². The second kappa shape index (κ2) is 10.6. The molecule has 0 bridgehead atoms. The molecule has 2 aliphatic rings. The number of rotatable bonds is 7. The number of carbonyl (C=O) groups excluding carboxylic acids is 2. The Morgan fingerprint density at radius 2 is 2.06 bits per heavy atom. The summed E-state index contributed by atoms with van der Waals surface area (Å²) in [6, 6.07) is 15.5. The Labute approximate surface area is 193 Å². The highest BCUT2D eigenvalue weighted by atomic mass is 32.2. The van der Waals surface area contributed by atoms with Gasteiger partial charge in [0.25, 0.3) is 5.91 Å². The highest BCUT2D eigenvalue weighted by Crippen LogP contribution is 2.42. The fourth-order valence-corrected chi connectivity index (χ4v) is 5.05. The van der Waals surface area contributed by atoms with Crippen LogP contribution in [0, 0.1) is 0 Å². The van der Waals surface area contributed by atoms with E-state index in [1.807, 2.05) is 48.5 Å². The number of allylic oxidation sites excluding steroid dienone is 1. The monoisotopic (exact) mass is 448 g/mol. The number of nitrogens with one attached hydrogen (secondary N) is 1. The molecule has 1 aliphatic carbocycles. The van der Waals surface area contributed by atoms with Crippen LogP contribution in [0.15, 0.2) is 76.1 Å². The first-order chi connectivity index (χ1) is 15.6. The van der Waals surface area contributed by atoms with Crippen molar-refractivity contribution in [3.63, 3.8) is 0 Å². The fraction of sp³-hybridized carbons (Fsp3) is 0.308. The number of ether oxygens (including phenoxy) is 1. The van der Waals surface area contributed by atoms with Gasteiger partial charge >= 0.3 is 0 Å². The van der Waals surface area contributed by atoms with Crippen LogP contribution in [0.1, 0.15) is 37.7 Å². The van der Waals surface area contributed by atoms with Crippen LogP contribution in [0.2, 0.25) is 0 Å². The predicted octanol–water partition coefficient (Wildman–Crippen LogP) is 5.22. The van der Waals surface area contributed by atoms with Gasteiger partial charge in [0.2, 0.25) is 5.91 Å². The maximum atomic E-state index is 13.3. The van der Waals surface area contributed by atoms with Gasteiger partial charge in [0, 0.05) is 17.5 Å². The van der Waals surface area contributed by atoms with Crippen molar-refractivity contribution in [1.29, 1.82) is 0 Å². The average Bonchev–Trinajstić information content (AvgIpc) is 2.82. The molecule has 6 heteroatoms. The molecule has 2 aromatic carbocycles. The first-order valence-corrected chi connectivity index (χ1v) is 11.8. The Balaban J connectivity index is 1.48. The molecule has 4 rings (SSSR count). The van der Waals surface area contributed by atoms with E-state index >= 15 is 0 Å². The number of amides is 2. The van der Waals surface area contributed by atoms with E-state index in [0.717, 1.165) is 41.2 Å². The van der Waals surface area contributed by atoms with Crippen molar-refractivity contribution in [3.05, 3.63) is 76.7 Å². The van der Waals surface area contributed by atoms with Gasteiger partial charge in [-0.25, -0.2) is 0 Å². The van der Waals surface area contributed by atoms with Crippen LogP contribution >= 0.6 is 11.8 Å². The molecular weight excluding hydrogens is 420 g/mol. The average molecular weight is 449 g/mol. The summed E-state index contributed by atoms with van der Waals surface area (Å²) in [5.41, 5.74) is 3.24. The van der Waals surface area contributed by atoms with E-state index in [2.05, 4.69) is 11.4 Å². The topological polar surface area (TPSA) is 58.6 Å². The first-order valence-electron chi connectivity index (χ1n) is 11.0. The van der Waals surface area contributed by atoms with Gasteiger partial charge in [0.05, 0.1) is 24.2 Å². The number of thioether (sulfide) groups is 1. The summed E-state index contributed by atoms with van der Waals surface area (Å²) in [5, 5.41) is 2.94. The number of carbonyl (C=O) groups is 2. The lowest BCUT2D eigenvalue weighted by Crippen LogP contribution is -2.34. The summed E-state index contributed by atoms with van der Waals surface area (Å²) in [5.74, 6) is 0.359. The van der Waals surface area contributed by atoms with Crippen molar-refractivity contribution < 1.29 is 14.3 Å². The van der Waals surface area contributed by atoms with Crippen molar-refractivity contribution in [2.24, 2.45) is 0 Å². The molecule has 0 spiro atoms. The lowest BCUT2D eigenvalue weighted by molar-refractivity contribution is -0.118. The normalized spacial score (nSPS) is 17.0. The Morgan fingerprint density at radius 3 is 2.88 bits per heavy atom. The molecule has 32 heavy (non-hydrogen) atoms. The van der Waals surface area contributed by atoms with Crippen molar-refractivity contribution in [2.45, 2.75) is 43.5 Å². The first kappa shape index (κ1) is 22.2. The zero-order valence-electron chi connectivity index (χ0n) is 18.3. The zero-order chi connectivity index (χ0) is 22.3. The van der Waals surface area contributed by atoms with Gasteiger partial charge in [-0.3, -0.25) is 9.59 Å². The van der Waals surface area contributed by atoms with Gasteiger partial charge < -0.3 is 15.0 Å². The summed E-state index contributed by atoms with van der Waals surface area (Å²) >= 11 is 1.35. The summed E-state index contributed by atoms with van der Waals surface area (Å²) in [6.45, 7) is 0.998. The predicted molar refractivity (Wildman–Crippen MR) is 129 cm³/mol. The standard InChI is InChI=1S/C26H28N2O3S/c1-31-21-11-7-10-20(16-21)18-28-22-12-5-6-13-23(22)32-24(26(28)30)17-25(29)27-15-14-19-8-3-2-4-9-19/h5-8,10-13,16-17H,2-4,9,14-15,18H2,1H3,(H,27,29)/b24-17+. The molecule has 0 saturated heterocycles. The molecule has 2 aromatic rings. The Bertz CT molecular complexity index is 1060. The van der Waals surface area contributed by atoms with Gasteiger partial charge in [0.15, 0.2) is 0 Å². The maximum Gasteiger partial charge on any atom is 0.265 e. The minimum Gasteiger partial charge on any atom is -0.497 e. The van der Waals surface area contributed by atoms with Crippen LogP contribution in [0.4, 0.5) is 5.69 Å². The Morgan fingerprint density at radius 1 is 1.19 bits per heavy atom. The smallest absolute Gasteiger partial charge is 0.265 e. The van der Waals surface area contributed by atoms with Crippen molar-refractivity contribution in [3.8, 4) is 5.75 Å². The number of benzene rings is 2. The number of hydrogen-bond donors (Lipinski definition) is 1. The quantitative estimate of drug-likeness (QED) is 0.466. The van der Waals surface area contributed by atoms with E-state index in [0.29, 0.717) is 18.0 Å². The zero-order valence-corrected chi connectivity index (χ0v) is 19.1. The van der Waals surface area contributed by atoms with Crippen molar-refractivity contribution in [2.75, 3.05) is 18.6 Å². The summed E-state index contributed by atoms with van der Waals surface area (Å²) in [6.07, 6.45) is 9.37. The molecule has 0 atom stereocenters. The van der Waals surface area contributed by atoms with Crippen LogP contribution in [-0.2, 0) is 16.1 Å². The van der Waals surface area contributed by atoms with E-state index in [4.69, 9.17) is 4.74 Å². The molecule has 0 radical (unpaired) electrons. The fourth-order valence-electron chi connectivity index (χ4n) is 4.02. The molecule has 0 unspecified atom stereocenters. The van der Waals surface area contributed by atoms with Crippen LogP contribution in [0.25, 0.3) is 0 Å². The highest BCUT2D eigenvalue weighted by molar-refractivity contribution is 8.04. The minimum atomic E-state index is -0.224. The third kappa shape index (κ3) is 5.43. The van der Waals surface area contributed by atoms with Crippen molar-refractivity contribution in [1.82, 2.24) is 5.32 Å². The van der Waals surface area contributed by atoms with Gasteiger partial charge in [-0.15, -0.1) is 0 Å². The third-order valence-corrected chi connectivity index (χ3v) is 6.78. The molecule has 1 aliphatic heterocycles. The summed E-state index contributed by atoms with van der Waals surface area (Å²) < 4.78 is 5.32. The van der Waals surface area contributed by atoms with Gasteiger partial charge in [-0.2, -0.15) is 0 Å². The summed E-state index contributed by atoms with van der Waals surface area (Å²) in [7, 11) is 1.63. The van der Waals surface area contributed by atoms with Crippen LogP contribution < -0.4 is 15.0 Å². The van der Waals surface area contributed by atoms with Gasteiger partial charge in [-0.1, -0.05) is 47.7 Å². The second-order valence-corrected chi connectivity index (χ2v) is 9.05. The largest absolute Gasteiger partial charge is 0.497 e. The van der Waals surface area contributed by atoms with Crippen LogP contribution in [0.5, 0.6) is 5.75 Å². The number of anilines is 1. The van der Waals surface area contributed by atoms with E-state index in [9.17, 15) is 9.59 Å². The Kier molecular flexibility index (Phi) is 7.32. The molecule has 0 saturated carbocycles. The summed E-state index contributed by atoms with van der Waals surface area (Å²) in [4.78, 5) is 29.0. The molecular formula is C26H28N2O3S. The molecule has 5 nitrogen and oxygen atoms in total. The molecule has 1 N–H and O–H groups in total. The van der Waals surface area contributed by atoms with Crippen molar-refractivity contribution >= 4 is 29.3 Å². The van der Waals surface area contributed by atoms with Crippen LogP contribution in [-0.4, -0.2) is 25.5 Å². The number of para-hydroxylation sites is 1. The number of nitrogens with zero attached hydrogens (tertiary/aromatic N) is 1. The van der Waals surface area contributed by atoms with E-state index < -0.39 is 0 Å². The Hall–Kier alpha value is -2.99. The van der Waals surface area contributed by atoms with Gasteiger partial charge in [0.1, 0.15) is 5.75 Å². The molecule has 0 aromatic heterocycles. The van der Waals surface area contributed by atoms with Gasteiger partial charge in [-0.05, 0) is 61.9 Å². The van der Waals surface area contributed by atoms with E-state index in [1.165, 1.54) is 36.3 Å². The van der Waals surface area contributed by atoms with E-state index in [1.54, 1.807) is 12.0 Å². The SMILES string of the molecule is COc1cccc(CN2C(=O)/C(=C\C(=O)NCCC3=CCCCC3)Sc3ccccc32)c1. The molecule has 166 valence electrons. The maximum absolute atomic E-state index is 13.3. The highest BCUT2D eigenvalue weighted by Gasteiger charge is 2.29. The molecule has 2 amide bonds. The number of hydrogen-bond acceptors (Lipinski definition) is 4. The lowest BCUT2D eigenvalue weighted by atomic mass is 9.97. The second-order valence-electron chi connectivity index (χ2n) is 7.97. The van der Waals surface area contributed by atoms with E-state index in [-0.39, 0.29) is 11.8 Å². The minimum absolute atomic E-state index is 0.165. The molecule has 1 heterocycles. The number of fused-ring (bicyclic) bond motifs is 1. The number of methoxy groups -OCH3 is 1. The molecule has 0 fully saturated rings. The lowest BCUT2D eigenvalue weighted by Gasteiger charge is -2.30. The third-order valence-electron chi connectivity index (χ3n) is 5.70.